The van der Waals surface area contributed by atoms with Crippen LogP contribution >= 0.6 is 11.6 Å². The zero-order chi connectivity index (χ0) is 13.1. The van der Waals surface area contributed by atoms with Crippen molar-refractivity contribution >= 4 is 22.5 Å². The molecular formula is C14H13ClN2O. The second kappa shape index (κ2) is 5.26. The molecule has 1 N–H and O–H groups in total. The molecule has 0 aliphatic carbocycles. The minimum Gasteiger partial charge on any atom is -0.506 e. The van der Waals surface area contributed by atoms with Gasteiger partial charge >= 0.3 is 0 Å². The highest BCUT2D eigenvalue weighted by molar-refractivity contribution is 6.35. The number of phenolic OH excluding ortho intramolecular Hbond substituents is 1. The SMILES string of the molecule is C#CCN(C)Cc1ccc2c(Cl)ccc(O)c2n1. The highest BCUT2D eigenvalue weighted by atomic mass is 35.5. The van der Waals surface area contributed by atoms with E-state index < -0.39 is 0 Å². The number of halogens is 1. The van der Waals surface area contributed by atoms with Crippen molar-refractivity contribution in [2.24, 2.45) is 0 Å². The van der Waals surface area contributed by atoms with Gasteiger partial charge in [0.05, 0.1) is 17.3 Å². The number of hydrogen-bond donors (Lipinski definition) is 1. The molecule has 0 spiro atoms. The van der Waals surface area contributed by atoms with Gasteiger partial charge in [-0.2, -0.15) is 0 Å². The summed E-state index contributed by atoms with van der Waals surface area (Å²) in [6, 6.07) is 6.96. The molecule has 2 rings (SSSR count). The lowest BCUT2D eigenvalue weighted by Gasteiger charge is -2.13. The molecule has 0 saturated heterocycles. The van der Waals surface area contributed by atoms with Crippen molar-refractivity contribution in [3.05, 3.63) is 35.0 Å². The van der Waals surface area contributed by atoms with Crippen LogP contribution in [-0.4, -0.2) is 28.6 Å². The fourth-order valence-corrected chi connectivity index (χ4v) is 2.00. The van der Waals surface area contributed by atoms with Gasteiger partial charge in [0.15, 0.2) is 0 Å². The molecule has 1 aromatic carbocycles. The van der Waals surface area contributed by atoms with Gasteiger partial charge in [0, 0.05) is 11.9 Å². The van der Waals surface area contributed by atoms with Crippen LogP contribution in [-0.2, 0) is 6.54 Å². The van der Waals surface area contributed by atoms with Crippen LogP contribution in [0.3, 0.4) is 0 Å². The van der Waals surface area contributed by atoms with Crippen molar-refractivity contribution < 1.29 is 5.11 Å². The molecule has 92 valence electrons. The van der Waals surface area contributed by atoms with Gasteiger partial charge in [-0.1, -0.05) is 17.5 Å². The van der Waals surface area contributed by atoms with Gasteiger partial charge in [0.25, 0.3) is 0 Å². The lowest BCUT2D eigenvalue weighted by molar-refractivity contribution is 0.364. The molecule has 2 aromatic rings. The average molecular weight is 261 g/mol. The van der Waals surface area contributed by atoms with Crippen molar-refractivity contribution in [3.8, 4) is 18.1 Å². The van der Waals surface area contributed by atoms with Crippen molar-refractivity contribution in [3.63, 3.8) is 0 Å². The molecule has 3 nitrogen and oxygen atoms in total. The second-order valence-corrected chi connectivity index (χ2v) is 4.55. The summed E-state index contributed by atoms with van der Waals surface area (Å²) in [5, 5.41) is 11.1. The van der Waals surface area contributed by atoms with Crippen LogP contribution in [0.15, 0.2) is 24.3 Å². The Morgan fingerprint density at radius 1 is 1.39 bits per heavy atom. The molecule has 1 heterocycles. The molecule has 0 bridgehead atoms. The monoisotopic (exact) mass is 260 g/mol. The van der Waals surface area contributed by atoms with E-state index in [1.54, 1.807) is 12.1 Å². The van der Waals surface area contributed by atoms with Crippen LogP contribution in [0, 0.1) is 12.3 Å². The summed E-state index contributed by atoms with van der Waals surface area (Å²) in [6.45, 7) is 1.19. The third-order valence-corrected chi connectivity index (χ3v) is 2.96. The quantitative estimate of drug-likeness (QED) is 0.862. The summed E-state index contributed by atoms with van der Waals surface area (Å²) >= 11 is 6.05. The van der Waals surface area contributed by atoms with Gasteiger partial charge in [-0.05, 0) is 31.3 Å². The number of pyridine rings is 1. The number of benzene rings is 1. The maximum atomic E-state index is 9.79. The molecule has 0 aliphatic rings. The van der Waals surface area contributed by atoms with E-state index in [1.807, 2.05) is 24.1 Å². The Bertz CT molecular complexity index is 619. The average Bonchev–Trinajstić information content (AvgIpc) is 2.34. The first-order chi connectivity index (χ1) is 8.61. The van der Waals surface area contributed by atoms with Crippen LogP contribution in [0.1, 0.15) is 5.69 Å². The maximum Gasteiger partial charge on any atom is 0.141 e. The van der Waals surface area contributed by atoms with Gasteiger partial charge in [0.1, 0.15) is 11.3 Å². The summed E-state index contributed by atoms with van der Waals surface area (Å²) < 4.78 is 0. The van der Waals surface area contributed by atoms with Gasteiger partial charge in [-0.15, -0.1) is 6.42 Å². The fourth-order valence-electron chi connectivity index (χ4n) is 1.78. The second-order valence-electron chi connectivity index (χ2n) is 4.14. The number of nitrogens with zero attached hydrogens (tertiary/aromatic N) is 2. The largest absolute Gasteiger partial charge is 0.506 e. The number of terminal acetylenes is 1. The topological polar surface area (TPSA) is 36.4 Å². The van der Waals surface area contributed by atoms with Gasteiger partial charge in [-0.25, -0.2) is 4.98 Å². The van der Waals surface area contributed by atoms with E-state index in [4.69, 9.17) is 18.0 Å². The normalized spacial score (nSPS) is 10.8. The number of rotatable bonds is 3. The Balaban J connectivity index is 2.39. The highest BCUT2D eigenvalue weighted by Crippen LogP contribution is 2.29. The van der Waals surface area contributed by atoms with Gasteiger partial charge in [0.2, 0.25) is 0 Å². The summed E-state index contributed by atoms with van der Waals surface area (Å²) in [6.07, 6.45) is 5.25. The first kappa shape index (κ1) is 12.7. The Kier molecular flexibility index (Phi) is 3.71. The summed E-state index contributed by atoms with van der Waals surface area (Å²) in [5.41, 5.74) is 1.37. The van der Waals surface area contributed by atoms with Crippen molar-refractivity contribution in [1.82, 2.24) is 9.88 Å². The lowest BCUT2D eigenvalue weighted by atomic mass is 10.2. The number of fused-ring (bicyclic) bond motifs is 1. The predicted molar refractivity (Wildman–Crippen MR) is 73.6 cm³/mol. The van der Waals surface area contributed by atoms with Crippen LogP contribution < -0.4 is 0 Å². The molecule has 0 radical (unpaired) electrons. The molecule has 0 atom stereocenters. The van der Waals surface area contributed by atoms with Crippen LogP contribution in [0.4, 0.5) is 0 Å². The maximum absolute atomic E-state index is 9.79. The first-order valence-corrected chi connectivity index (χ1v) is 5.88. The smallest absolute Gasteiger partial charge is 0.141 e. The Morgan fingerprint density at radius 3 is 2.89 bits per heavy atom. The summed E-state index contributed by atoms with van der Waals surface area (Å²) in [4.78, 5) is 6.38. The minimum atomic E-state index is 0.135. The zero-order valence-corrected chi connectivity index (χ0v) is 10.8. The Labute approximate surface area is 111 Å². The fraction of sp³-hybridized carbons (Fsp3) is 0.214. The number of aromatic nitrogens is 1. The Hall–Kier alpha value is -1.76. The molecule has 0 fully saturated rings. The number of hydrogen-bond acceptors (Lipinski definition) is 3. The predicted octanol–water partition coefficient (Wildman–Crippen LogP) is 2.66. The molecule has 1 aromatic heterocycles. The van der Waals surface area contributed by atoms with Crippen molar-refractivity contribution in [2.75, 3.05) is 13.6 Å². The van der Waals surface area contributed by atoms with Crippen molar-refractivity contribution in [2.45, 2.75) is 6.54 Å². The number of aromatic hydroxyl groups is 1. The van der Waals surface area contributed by atoms with E-state index in [0.29, 0.717) is 23.6 Å². The summed E-state index contributed by atoms with van der Waals surface area (Å²) in [5.74, 6) is 2.71. The first-order valence-electron chi connectivity index (χ1n) is 5.51. The Morgan fingerprint density at radius 2 is 2.17 bits per heavy atom. The number of phenols is 1. The van der Waals surface area contributed by atoms with Crippen LogP contribution in [0.2, 0.25) is 5.02 Å². The van der Waals surface area contributed by atoms with E-state index in [0.717, 1.165) is 11.1 Å². The highest BCUT2D eigenvalue weighted by Gasteiger charge is 2.07. The third-order valence-electron chi connectivity index (χ3n) is 2.63. The van der Waals surface area contributed by atoms with E-state index in [1.165, 1.54) is 0 Å². The van der Waals surface area contributed by atoms with E-state index in [9.17, 15) is 5.11 Å². The van der Waals surface area contributed by atoms with E-state index >= 15 is 0 Å². The molecule has 0 aliphatic heterocycles. The van der Waals surface area contributed by atoms with Gasteiger partial charge < -0.3 is 5.11 Å². The molecule has 0 unspecified atom stereocenters. The molecule has 18 heavy (non-hydrogen) atoms. The molecule has 0 saturated carbocycles. The molecule has 4 heteroatoms. The minimum absolute atomic E-state index is 0.135. The molecular weight excluding hydrogens is 248 g/mol. The summed E-state index contributed by atoms with van der Waals surface area (Å²) in [7, 11) is 1.92. The third kappa shape index (κ3) is 2.56. The van der Waals surface area contributed by atoms with Gasteiger partial charge in [-0.3, -0.25) is 4.90 Å². The standard InChI is InChI=1S/C14H13ClN2O/c1-3-8-17(2)9-10-4-5-11-12(15)6-7-13(18)14(11)16-10/h1,4-7,18H,8-9H2,2H3. The zero-order valence-electron chi connectivity index (χ0n) is 10.0. The van der Waals surface area contributed by atoms with Crippen LogP contribution in [0.25, 0.3) is 10.9 Å². The lowest BCUT2D eigenvalue weighted by Crippen LogP contribution is -2.18. The van der Waals surface area contributed by atoms with Crippen molar-refractivity contribution in [1.29, 1.82) is 0 Å². The van der Waals surface area contributed by atoms with E-state index in [2.05, 4.69) is 10.9 Å². The van der Waals surface area contributed by atoms with E-state index in [-0.39, 0.29) is 5.75 Å². The van der Waals surface area contributed by atoms with Crippen LogP contribution in [0.5, 0.6) is 5.75 Å². The molecule has 0 amide bonds.